The molecule has 0 unspecified atom stereocenters. The number of carbonyl (C=O) groups excluding carboxylic acids is 1. The van der Waals surface area contributed by atoms with E-state index in [0.29, 0.717) is 37.7 Å². The van der Waals surface area contributed by atoms with Crippen LogP contribution in [0.5, 0.6) is 0 Å². The molecule has 0 saturated carbocycles. The van der Waals surface area contributed by atoms with E-state index in [9.17, 15) is 13.2 Å². The van der Waals surface area contributed by atoms with Crippen molar-refractivity contribution in [2.75, 3.05) is 45.3 Å². The fourth-order valence-electron chi connectivity index (χ4n) is 3.62. The van der Waals surface area contributed by atoms with Crippen LogP contribution in [0, 0.1) is 6.92 Å². The summed E-state index contributed by atoms with van der Waals surface area (Å²) in [6.45, 7) is 4.22. The second-order valence-corrected chi connectivity index (χ2v) is 9.95. The maximum absolute atomic E-state index is 13.1. The second-order valence-electron chi connectivity index (χ2n) is 7.80. The van der Waals surface area contributed by atoms with Crippen molar-refractivity contribution >= 4 is 27.3 Å². The summed E-state index contributed by atoms with van der Waals surface area (Å²) in [5, 5.41) is 0. The normalized spacial score (nSPS) is 14.8. The monoisotopic (exact) mass is 458 g/mol. The summed E-state index contributed by atoms with van der Waals surface area (Å²) in [7, 11) is -0.797. The molecule has 0 radical (unpaired) electrons. The van der Waals surface area contributed by atoms with Gasteiger partial charge in [0.15, 0.2) is 0 Å². The molecule has 1 aliphatic heterocycles. The molecule has 1 fully saturated rings. The van der Waals surface area contributed by atoms with Crippen molar-refractivity contribution in [2.24, 2.45) is 0 Å². The van der Waals surface area contributed by atoms with E-state index in [1.165, 1.54) is 26.2 Å². The van der Waals surface area contributed by atoms with Gasteiger partial charge in [-0.25, -0.2) is 22.5 Å². The van der Waals surface area contributed by atoms with Crippen LogP contribution in [-0.2, 0) is 26.1 Å². The highest BCUT2D eigenvalue weighted by Gasteiger charge is 2.25. The van der Waals surface area contributed by atoms with Gasteiger partial charge in [0.1, 0.15) is 12.3 Å². The van der Waals surface area contributed by atoms with Crippen LogP contribution in [0.2, 0.25) is 0 Å². The van der Waals surface area contributed by atoms with Gasteiger partial charge in [-0.2, -0.15) is 0 Å². The highest BCUT2D eigenvalue weighted by atomic mass is 32.2. The van der Waals surface area contributed by atoms with Crippen molar-refractivity contribution in [3.63, 3.8) is 0 Å². The zero-order valence-electron chi connectivity index (χ0n) is 18.3. The van der Waals surface area contributed by atoms with Gasteiger partial charge in [-0.15, -0.1) is 0 Å². The minimum Gasteiger partial charge on any atom is -0.455 e. The number of esters is 1. The second kappa shape index (κ2) is 8.89. The first kappa shape index (κ1) is 22.3. The summed E-state index contributed by atoms with van der Waals surface area (Å²) in [6.07, 6.45) is 3.69. The molecular formula is C22H26N4O5S. The maximum atomic E-state index is 13.1. The van der Waals surface area contributed by atoms with Crippen LogP contribution < -0.4 is 4.90 Å². The van der Waals surface area contributed by atoms with Crippen molar-refractivity contribution in [3.8, 4) is 0 Å². The molecule has 0 bridgehead atoms. The Labute approximate surface area is 187 Å². The topological polar surface area (TPSA) is 93.4 Å². The van der Waals surface area contributed by atoms with Gasteiger partial charge in [0, 0.05) is 39.6 Å². The first-order valence-electron chi connectivity index (χ1n) is 10.3. The van der Waals surface area contributed by atoms with E-state index in [0.717, 1.165) is 15.5 Å². The number of ether oxygens (including phenoxy) is 2. The lowest BCUT2D eigenvalue weighted by molar-refractivity contribution is 0.0468. The van der Waals surface area contributed by atoms with Crippen molar-refractivity contribution in [2.45, 2.75) is 18.4 Å². The van der Waals surface area contributed by atoms with Crippen LogP contribution in [0.25, 0.3) is 5.65 Å². The molecule has 1 saturated heterocycles. The Bertz CT molecular complexity index is 1250. The van der Waals surface area contributed by atoms with Crippen LogP contribution in [0.3, 0.4) is 0 Å². The predicted octanol–water partition coefficient (Wildman–Crippen LogP) is 2.09. The number of imidazole rings is 1. The number of morpholine rings is 1. The van der Waals surface area contributed by atoms with Gasteiger partial charge < -0.3 is 18.8 Å². The summed E-state index contributed by atoms with van der Waals surface area (Å²) in [4.78, 5) is 19.7. The van der Waals surface area contributed by atoms with Gasteiger partial charge in [0.05, 0.1) is 35.1 Å². The number of rotatable bonds is 6. The zero-order chi connectivity index (χ0) is 22.9. The smallest absolute Gasteiger partial charge is 0.340 e. The molecule has 4 rings (SSSR count). The van der Waals surface area contributed by atoms with Crippen LogP contribution in [-0.4, -0.2) is 68.5 Å². The molecule has 0 N–H and O–H groups in total. The summed E-state index contributed by atoms with van der Waals surface area (Å²) in [5.74, 6) is -0.601. The Balaban J connectivity index is 1.63. The SMILES string of the molecule is Cc1cccn2cc(COC(=O)c3cc(S(=O)(=O)N(C)C)ccc3N3CCOCC3)nc12. The van der Waals surface area contributed by atoms with Gasteiger partial charge in [0.25, 0.3) is 0 Å². The first-order valence-corrected chi connectivity index (χ1v) is 11.7. The molecule has 0 atom stereocenters. The molecule has 10 heteroatoms. The van der Waals surface area contributed by atoms with E-state index >= 15 is 0 Å². The van der Waals surface area contributed by atoms with E-state index in [-0.39, 0.29) is 17.1 Å². The Hall–Kier alpha value is -2.95. The fraction of sp³-hybridized carbons (Fsp3) is 0.364. The Morgan fingerprint density at radius 2 is 1.97 bits per heavy atom. The van der Waals surface area contributed by atoms with E-state index < -0.39 is 16.0 Å². The van der Waals surface area contributed by atoms with Crippen molar-refractivity contribution in [1.82, 2.24) is 13.7 Å². The third-order valence-electron chi connectivity index (χ3n) is 5.40. The summed E-state index contributed by atoms with van der Waals surface area (Å²) < 4.78 is 39.2. The molecule has 170 valence electrons. The summed E-state index contributed by atoms with van der Waals surface area (Å²) >= 11 is 0. The molecule has 1 aromatic carbocycles. The minimum absolute atomic E-state index is 0.0207. The van der Waals surface area contributed by atoms with Crippen LogP contribution in [0.1, 0.15) is 21.6 Å². The lowest BCUT2D eigenvalue weighted by Crippen LogP contribution is -2.37. The fourth-order valence-corrected chi connectivity index (χ4v) is 4.55. The van der Waals surface area contributed by atoms with Gasteiger partial charge in [-0.3, -0.25) is 0 Å². The molecule has 0 spiro atoms. The number of benzene rings is 1. The third kappa shape index (κ3) is 4.34. The number of aromatic nitrogens is 2. The van der Waals surface area contributed by atoms with E-state index in [1.54, 1.807) is 6.07 Å². The van der Waals surface area contributed by atoms with Gasteiger partial charge in [-0.1, -0.05) is 6.07 Å². The number of carbonyl (C=O) groups is 1. The minimum atomic E-state index is -3.70. The first-order chi connectivity index (χ1) is 15.3. The number of aryl methyl sites for hydroxylation is 1. The number of hydrogen-bond acceptors (Lipinski definition) is 7. The average molecular weight is 459 g/mol. The number of anilines is 1. The van der Waals surface area contributed by atoms with Gasteiger partial charge in [0.2, 0.25) is 10.0 Å². The van der Waals surface area contributed by atoms with Crippen molar-refractivity contribution < 1.29 is 22.7 Å². The lowest BCUT2D eigenvalue weighted by atomic mass is 10.1. The standard InChI is InChI=1S/C22H26N4O5S/c1-16-5-4-8-26-14-17(23-21(16)26)15-31-22(27)19-13-18(32(28,29)24(2)3)6-7-20(19)25-9-11-30-12-10-25/h4-8,13-14H,9-12,15H2,1-3H3. The Morgan fingerprint density at radius 1 is 1.22 bits per heavy atom. The van der Waals surface area contributed by atoms with Crippen LogP contribution in [0.15, 0.2) is 47.6 Å². The number of pyridine rings is 1. The largest absolute Gasteiger partial charge is 0.455 e. The summed E-state index contributed by atoms with van der Waals surface area (Å²) in [6, 6.07) is 8.44. The van der Waals surface area contributed by atoms with Gasteiger partial charge >= 0.3 is 5.97 Å². The molecule has 1 aliphatic rings. The zero-order valence-corrected chi connectivity index (χ0v) is 19.1. The molecule has 2 aromatic heterocycles. The lowest BCUT2D eigenvalue weighted by Gasteiger charge is -2.30. The highest BCUT2D eigenvalue weighted by Crippen LogP contribution is 2.27. The van der Waals surface area contributed by atoms with Crippen molar-refractivity contribution in [3.05, 3.63) is 59.5 Å². The predicted molar refractivity (Wildman–Crippen MR) is 119 cm³/mol. The molecule has 9 nitrogen and oxygen atoms in total. The van der Waals surface area contributed by atoms with E-state index in [1.807, 2.05) is 40.8 Å². The maximum Gasteiger partial charge on any atom is 0.340 e. The van der Waals surface area contributed by atoms with Crippen LogP contribution in [0.4, 0.5) is 5.69 Å². The molecule has 0 amide bonds. The molecule has 32 heavy (non-hydrogen) atoms. The molecule has 3 heterocycles. The Morgan fingerprint density at radius 3 is 2.66 bits per heavy atom. The highest BCUT2D eigenvalue weighted by molar-refractivity contribution is 7.89. The summed E-state index contributed by atoms with van der Waals surface area (Å²) in [5.41, 5.74) is 3.25. The van der Waals surface area contributed by atoms with Crippen LogP contribution >= 0.6 is 0 Å². The average Bonchev–Trinajstić information content (AvgIpc) is 3.22. The third-order valence-corrected chi connectivity index (χ3v) is 7.21. The number of hydrogen-bond donors (Lipinski definition) is 0. The molecular weight excluding hydrogens is 432 g/mol. The number of fused-ring (bicyclic) bond motifs is 1. The van der Waals surface area contributed by atoms with E-state index in [2.05, 4.69) is 4.98 Å². The Kier molecular flexibility index (Phi) is 6.18. The number of sulfonamides is 1. The molecule has 0 aliphatic carbocycles. The molecule has 3 aromatic rings. The van der Waals surface area contributed by atoms with Gasteiger partial charge in [-0.05, 0) is 36.8 Å². The van der Waals surface area contributed by atoms with Crippen molar-refractivity contribution in [1.29, 1.82) is 0 Å². The number of nitrogens with zero attached hydrogens (tertiary/aromatic N) is 4. The quantitative estimate of drug-likeness (QED) is 0.522. The van der Waals surface area contributed by atoms with E-state index in [4.69, 9.17) is 9.47 Å².